The minimum atomic E-state index is 0.183. The average Bonchev–Trinajstić information content (AvgIpc) is 2.96. The number of hydrogen-bond acceptors (Lipinski definition) is 5. The summed E-state index contributed by atoms with van der Waals surface area (Å²) in [5.41, 5.74) is 2.84. The maximum Gasteiger partial charge on any atom is 0.210 e. The lowest BCUT2D eigenvalue weighted by Crippen LogP contribution is -1.86. The van der Waals surface area contributed by atoms with Crippen LogP contribution in [0, 0.1) is 3.95 Å². The molecule has 1 aliphatic rings. The summed E-state index contributed by atoms with van der Waals surface area (Å²) in [6, 6.07) is 5.75. The van der Waals surface area contributed by atoms with E-state index in [1.165, 1.54) is 11.3 Å². The average molecular weight is 304 g/mol. The Morgan fingerprint density at radius 1 is 1.45 bits per heavy atom. The van der Waals surface area contributed by atoms with Crippen molar-refractivity contribution in [3.8, 4) is 11.6 Å². The number of fused-ring (bicyclic) bond motifs is 1. The second kappa shape index (κ2) is 4.88. The molecule has 1 aromatic carbocycles. The lowest BCUT2D eigenvalue weighted by Gasteiger charge is -2.03. The second-order valence-electron chi connectivity index (χ2n) is 4.36. The zero-order chi connectivity index (χ0) is 14.3. The first-order chi connectivity index (χ1) is 9.60. The molecular formula is C14H12N2O2S2. The topological polar surface area (TPSA) is 46.8 Å². The third kappa shape index (κ3) is 2.07. The van der Waals surface area contributed by atoms with E-state index < -0.39 is 0 Å². The third-order valence-corrected chi connectivity index (χ3v) is 4.65. The standard InChI is InChI=1S/C14H12N2O2S2/c1-16-13(17)12(20-14(16)19)5-8-7-15-11-6-9(18-2)3-4-10(8)11/h3-7,17H,1-2H3/b8-5-. The molecule has 1 aromatic heterocycles. The zero-order valence-corrected chi connectivity index (χ0v) is 12.6. The van der Waals surface area contributed by atoms with Crippen molar-refractivity contribution >= 4 is 47.1 Å². The largest absolute Gasteiger partial charge is 0.497 e. The molecule has 0 saturated heterocycles. The summed E-state index contributed by atoms with van der Waals surface area (Å²) in [5.74, 6) is 0.961. The van der Waals surface area contributed by atoms with Crippen LogP contribution in [0.1, 0.15) is 10.4 Å². The fourth-order valence-electron chi connectivity index (χ4n) is 2.01. The fourth-order valence-corrected chi connectivity index (χ4v) is 3.19. The minimum absolute atomic E-state index is 0.183. The van der Waals surface area contributed by atoms with E-state index in [1.807, 2.05) is 24.3 Å². The number of nitrogens with zero attached hydrogens (tertiary/aromatic N) is 2. The summed E-state index contributed by atoms with van der Waals surface area (Å²) >= 11 is 6.53. The Kier molecular flexibility index (Phi) is 3.19. The molecule has 0 spiro atoms. The number of benzene rings is 1. The molecule has 3 rings (SSSR count). The lowest BCUT2D eigenvalue weighted by atomic mass is 10.1. The molecular weight excluding hydrogens is 292 g/mol. The van der Waals surface area contributed by atoms with Crippen molar-refractivity contribution in [2.45, 2.75) is 0 Å². The quantitative estimate of drug-likeness (QED) is 0.859. The van der Waals surface area contributed by atoms with Gasteiger partial charge in [-0.25, -0.2) is 0 Å². The Labute approximate surface area is 125 Å². The van der Waals surface area contributed by atoms with Crippen LogP contribution in [0.25, 0.3) is 11.6 Å². The van der Waals surface area contributed by atoms with Crippen LogP contribution in [-0.4, -0.2) is 23.0 Å². The molecule has 6 heteroatoms. The van der Waals surface area contributed by atoms with Crippen molar-refractivity contribution in [2.24, 2.45) is 12.0 Å². The van der Waals surface area contributed by atoms with E-state index in [1.54, 1.807) is 24.9 Å². The number of rotatable bonds is 2. The minimum Gasteiger partial charge on any atom is -0.497 e. The van der Waals surface area contributed by atoms with Gasteiger partial charge >= 0.3 is 0 Å². The summed E-state index contributed by atoms with van der Waals surface area (Å²) in [6.45, 7) is 0. The molecule has 0 radical (unpaired) electrons. The highest BCUT2D eigenvalue weighted by Crippen LogP contribution is 2.37. The molecule has 0 fully saturated rings. The highest BCUT2D eigenvalue weighted by atomic mass is 32.1. The predicted octanol–water partition coefficient (Wildman–Crippen LogP) is 3.79. The van der Waals surface area contributed by atoms with Crippen LogP contribution in [-0.2, 0) is 7.05 Å². The summed E-state index contributed by atoms with van der Waals surface area (Å²) < 4.78 is 7.41. The van der Waals surface area contributed by atoms with Crippen molar-refractivity contribution in [3.05, 3.63) is 32.6 Å². The lowest BCUT2D eigenvalue weighted by molar-refractivity contribution is 0.415. The van der Waals surface area contributed by atoms with Crippen molar-refractivity contribution in [3.63, 3.8) is 0 Å². The van der Waals surface area contributed by atoms with Gasteiger partial charge in [0, 0.05) is 30.5 Å². The normalized spacial score (nSPS) is 14.8. The number of methoxy groups -OCH3 is 1. The van der Waals surface area contributed by atoms with Crippen LogP contribution in [0.4, 0.5) is 5.69 Å². The Morgan fingerprint density at radius 3 is 2.90 bits per heavy atom. The maximum absolute atomic E-state index is 10.0. The molecule has 0 saturated carbocycles. The van der Waals surface area contributed by atoms with Crippen molar-refractivity contribution in [1.29, 1.82) is 0 Å². The van der Waals surface area contributed by atoms with E-state index in [-0.39, 0.29) is 5.88 Å². The smallest absolute Gasteiger partial charge is 0.210 e. The third-order valence-electron chi connectivity index (χ3n) is 3.15. The van der Waals surface area contributed by atoms with Gasteiger partial charge in [-0.1, -0.05) is 0 Å². The molecule has 20 heavy (non-hydrogen) atoms. The van der Waals surface area contributed by atoms with Crippen molar-refractivity contribution in [1.82, 2.24) is 4.57 Å². The van der Waals surface area contributed by atoms with Gasteiger partial charge in [0.2, 0.25) is 5.88 Å². The highest BCUT2D eigenvalue weighted by Gasteiger charge is 2.15. The first-order valence-corrected chi connectivity index (χ1v) is 7.15. The molecule has 102 valence electrons. The van der Waals surface area contributed by atoms with Crippen LogP contribution in [0.15, 0.2) is 23.2 Å². The summed E-state index contributed by atoms with van der Waals surface area (Å²) in [6.07, 6.45) is 3.68. The molecule has 2 heterocycles. The van der Waals surface area contributed by atoms with Gasteiger partial charge in [-0.05, 0) is 30.4 Å². The monoisotopic (exact) mass is 304 g/mol. The van der Waals surface area contributed by atoms with E-state index in [2.05, 4.69) is 4.99 Å². The number of aromatic nitrogens is 1. The molecule has 0 amide bonds. The number of ether oxygens (including phenoxy) is 1. The first-order valence-electron chi connectivity index (χ1n) is 5.93. The molecule has 1 aliphatic heterocycles. The van der Waals surface area contributed by atoms with Crippen molar-refractivity contribution < 1.29 is 9.84 Å². The number of hydrogen-bond donors (Lipinski definition) is 1. The van der Waals surface area contributed by atoms with Gasteiger partial charge in [0.15, 0.2) is 3.95 Å². The maximum atomic E-state index is 10.0. The molecule has 1 N–H and O–H groups in total. The van der Waals surface area contributed by atoms with Crippen molar-refractivity contribution in [2.75, 3.05) is 7.11 Å². The summed E-state index contributed by atoms with van der Waals surface area (Å²) in [4.78, 5) is 5.10. The molecule has 0 aliphatic carbocycles. The van der Waals surface area contributed by atoms with Crippen LogP contribution < -0.4 is 4.74 Å². The number of aromatic hydroxyl groups is 1. The van der Waals surface area contributed by atoms with Gasteiger partial charge in [-0.2, -0.15) is 0 Å². The van der Waals surface area contributed by atoms with Gasteiger partial charge in [-0.3, -0.25) is 9.56 Å². The highest BCUT2D eigenvalue weighted by molar-refractivity contribution is 7.73. The van der Waals surface area contributed by atoms with Crippen LogP contribution in [0.2, 0.25) is 0 Å². The fraction of sp³-hybridized carbons (Fsp3) is 0.143. The molecule has 4 nitrogen and oxygen atoms in total. The van der Waals surface area contributed by atoms with E-state index >= 15 is 0 Å². The van der Waals surface area contributed by atoms with Gasteiger partial charge in [0.05, 0.1) is 17.7 Å². The van der Waals surface area contributed by atoms with Crippen LogP contribution in [0.5, 0.6) is 11.6 Å². The van der Waals surface area contributed by atoms with E-state index in [9.17, 15) is 5.11 Å². The molecule has 0 bridgehead atoms. The van der Waals surface area contributed by atoms with E-state index in [0.29, 0.717) is 3.95 Å². The Bertz CT molecular complexity index is 800. The Morgan fingerprint density at radius 2 is 2.25 bits per heavy atom. The SMILES string of the molecule is COc1ccc2c(c1)N=C/C2=C/c1sc(=S)n(C)c1O. The van der Waals surface area contributed by atoms with E-state index in [4.69, 9.17) is 17.0 Å². The summed E-state index contributed by atoms with van der Waals surface area (Å²) in [7, 11) is 3.38. The van der Waals surface area contributed by atoms with E-state index in [0.717, 1.165) is 27.5 Å². The Balaban J connectivity index is 2.07. The van der Waals surface area contributed by atoms with Crippen LogP contribution >= 0.6 is 23.6 Å². The van der Waals surface area contributed by atoms with Gasteiger partial charge in [0.1, 0.15) is 5.75 Å². The second-order valence-corrected chi connectivity index (χ2v) is 6.03. The number of aliphatic imine (C=N–C) groups is 1. The molecule has 0 atom stereocenters. The van der Waals surface area contributed by atoms with Gasteiger partial charge in [-0.15, -0.1) is 11.3 Å². The number of allylic oxidation sites excluding steroid dienone is 1. The van der Waals surface area contributed by atoms with Gasteiger partial charge < -0.3 is 9.84 Å². The van der Waals surface area contributed by atoms with Gasteiger partial charge in [0.25, 0.3) is 0 Å². The zero-order valence-electron chi connectivity index (χ0n) is 11.0. The number of thiazole rings is 1. The molecule has 0 unspecified atom stereocenters. The Hall–Kier alpha value is -1.92. The van der Waals surface area contributed by atoms with Crippen LogP contribution in [0.3, 0.4) is 0 Å². The molecule has 2 aromatic rings. The summed E-state index contributed by atoms with van der Waals surface area (Å²) in [5, 5.41) is 10.0. The predicted molar refractivity (Wildman–Crippen MR) is 84.8 cm³/mol. The first kappa shape index (κ1) is 13.1.